The highest BCUT2D eigenvalue weighted by Gasteiger charge is 2.14. The Morgan fingerprint density at radius 2 is 1.32 bits per heavy atom. The molecule has 2 rings (SSSR count). The van der Waals surface area contributed by atoms with E-state index in [2.05, 4.69) is 24.3 Å². The first kappa shape index (κ1) is 17.7. The lowest BCUT2D eigenvalue weighted by molar-refractivity contribution is 0.322. The molecule has 0 amide bonds. The Bertz CT molecular complexity index is 509. The highest BCUT2D eigenvalue weighted by Crippen LogP contribution is 2.31. The first-order valence-corrected chi connectivity index (χ1v) is 9.31. The fraction of sp³-hybridized carbons (Fsp3) is 0.333. The van der Waals surface area contributed by atoms with Crippen LogP contribution in [-0.2, 0) is 0 Å². The van der Waals surface area contributed by atoms with Gasteiger partial charge in [0.1, 0.15) is 0 Å². The highest BCUT2D eigenvalue weighted by atomic mass is 35.5. The standard InChI is InChI=1S/C18H20Cl2OS/c19-16-7-3-14(4-8-16)18(2-1-12-22-13-11-21)15-5-9-17(20)10-6-15/h3-10,18,21H,1-2,11-13H2. The molecule has 1 N–H and O–H groups in total. The maximum atomic E-state index is 8.84. The van der Waals surface area contributed by atoms with Crippen molar-refractivity contribution in [2.75, 3.05) is 18.1 Å². The number of rotatable bonds is 8. The minimum atomic E-state index is 0.252. The normalized spacial score (nSPS) is 11.1. The van der Waals surface area contributed by atoms with Crippen LogP contribution in [0.5, 0.6) is 0 Å². The van der Waals surface area contributed by atoms with Crippen LogP contribution < -0.4 is 0 Å². The van der Waals surface area contributed by atoms with Crippen molar-refractivity contribution in [2.24, 2.45) is 0 Å². The molecule has 0 aliphatic heterocycles. The lowest BCUT2D eigenvalue weighted by Gasteiger charge is -2.18. The van der Waals surface area contributed by atoms with Gasteiger partial charge in [0.15, 0.2) is 0 Å². The molecule has 0 aliphatic rings. The van der Waals surface area contributed by atoms with Gasteiger partial charge in [-0.2, -0.15) is 11.8 Å². The van der Waals surface area contributed by atoms with E-state index < -0.39 is 0 Å². The van der Waals surface area contributed by atoms with E-state index in [-0.39, 0.29) is 6.61 Å². The first-order chi connectivity index (χ1) is 10.7. The van der Waals surface area contributed by atoms with Crippen LogP contribution in [0.4, 0.5) is 0 Å². The quantitative estimate of drug-likeness (QED) is 0.619. The molecule has 0 saturated heterocycles. The summed E-state index contributed by atoms with van der Waals surface area (Å²) in [6, 6.07) is 16.2. The largest absolute Gasteiger partial charge is 0.396 e. The summed E-state index contributed by atoms with van der Waals surface area (Å²) in [7, 11) is 0. The summed E-state index contributed by atoms with van der Waals surface area (Å²) >= 11 is 13.8. The van der Waals surface area contributed by atoms with Gasteiger partial charge >= 0.3 is 0 Å². The molecular formula is C18H20Cl2OS. The third kappa shape index (κ3) is 5.51. The lowest BCUT2D eigenvalue weighted by Crippen LogP contribution is -2.02. The van der Waals surface area contributed by atoms with Gasteiger partial charge in [-0.25, -0.2) is 0 Å². The number of aliphatic hydroxyl groups is 1. The number of aliphatic hydroxyl groups excluding tert-OH is 1. The van der Waals surface area contributed by atoms with E-state index in [1.54, 1.807) is 11.8 Å². The van der Waals surface area contributed by atoms with Crippen LogP contribution in [0.15, 0.2) is 48.5 Å². The molecule has 0 radical (unpaired) electrons. The van der Waals surface area contributed by atoms with E-state index in [1.165, 1.54) is 11.1 Å². The summed E-state index contributed by atoms with van der Waals surface area (Å²) in [5.41, 5.74) is 2.55. The van der Waals surface area contributed by atoms with Gasteiger partial charge in [0.25, 0.3) is 0 Å². The van der Waals surface area contributed by atoms with Crippen LogP contribution in [0.3, 0.4) is 0 Å². The van der Waals surface area contributed by atoms with Crippen molar-refractivity contribution < 1.29 is 5.11 Å². The van der Waals surface area contributed by atoms with Crippen LogP contribution in [0.25, 0.3) is 0 Å². The summed E-state index contributed by atoms with van der Waals surface area (Å²) < 4.78 is 0. The van der Waals surface area contributed by atoms with E-state index >= 15 is 0 Å². The number of hydrogen-bond donors (Lipinski definition) is 1. The van der Waals surface area contributed by atoms with Gasteiger partial charge in [-0.05, 0) is 54.0 Å². The smallest absolute Gasteiger partial charge is 0.0521 e. The van der Waals surface area contributed by atoms with Crippen LogP contribution in [0, 0.1) is 0 Å². The number of thioether (sulfide) groups is 1. The van der Waals surface area contributed by atoms with Crippen molar-refractivity contribution in [3.63, 3.8) is 0 Å². The molecule has 0 unspecified atom stereocenters. The zero-order chi connectivity index (χ0) is 15.8. The van der Waals surface area contributed by atoms with E-state index in [0.29, 0.717) is 5.92 Å². The average molecular weight is 355 g/mol. The molecule has 22 heavy (non-hydrogen) atoms. The Morgan fingerprint density at radius 1 is 0.818 bits per heavy atom. The zero-order valence-electron chi connectivity index (χ0n) is 12.3. The zero-order valence-corrected chi connectivity index (χ0v) is 14.7. The van der Waals surface area contributed by atoms with Gasteiger partial charge in [-0.1, -0.05) is 47.5 Å². The second-order valence-corrected chi connectivity index (χ2v) is 7.23. The summed E-state index contributed by atoms with van der Waals surface area (Å²) in [5, 5.41) is 10.4. The van der Waals surface area contributed by atoms with Crippen LogP contribution in [0.2, 0.25) is 10.0 Å². The van der Waals surface area contributed by atoms with E-state index in [0.717, 1.165) is 34.4 Å². The molecule has 2 aromatic carbocycles. The lowest BCUT2D eigenvalue weighted by atomic mass is 9.88. The summed E-state index contributed by atoms with van der Waals surface area (Å²) in [5.74, 6) is 2.23. The first-order valence-electron chi connectivity index (χ1n) is 7.40. The minimum Gasteiger partial charge on any atom is -0.396 e. The van der Waals surface area contributed by atoms with Gasteiger partial charge in [-0.15, -0.1) is 0 Å². The Morgan fingerprint density at radius 3 is 1.77 bits per heavy atom. The summed E-state index contributed by atoms with van der Waals surface area (Å²) in [6.07, 6.45) is 2.18. The summed E-state index contributed by atoms with van der Waals surface area (Å²) in [6.45, 7) is 0.252. The van der Waals surface area contributed by atoms with Crippen molar-refractivity contribution in [1.29, 1.82) is 0 Å². The van der Waals surface area contributed by atoms with Gasteiger partial charge in [0, 0.05) is 21.7 Å². The Hall–Kier alpha value is -0.670. The SMILES string of the molecule is OCCSCCCC(c1ccc(Cl)cc1)c1ccc(Cl)cc1. The second-order valence-electron chi connectivity index (χ2n) is 5.13. The van der Waals surface area contributed by atoms with Crippen LogP contribution in [0.1, 0.15) is 29.9 Å². The number of halogens is 2. The maximum absolute atomic E-state index is 8.84. The van der Waals surface area contributed by atoms with E-state index in [9.17, 15) is 0 Å². The van der Waals surface area contributed by atoms with Crippen LogP contribution >= 0.6 is 35.0 Å². The van der Waals surface area contributed by atoms with Gasteiger partial charge in [0.2, 0.25) is 0 Å². The Labute approximate surface area is 146 Å². The van der Waals surface area contributed by atoms with Crippen molar-refractivity contribution in [1.82, 2.24) is 0 Å². The molecule has 0 spiro atoms. The molecule has 0 fully saturated rings. The fourth-order valence-corrected chi connectivity index (χ4v) is 3.43. The molecule has 0 atom stereocenters. The minimum absolute atomic E-state index is 0.252. The Kier molecular flexibility index (Phi) is 7.61. The van der Waals surface area contributed by atoms with Gasteiger partial charge < -0.3 is 5.11 Å². The molecular weight excluding hydrogens is 335 g/mol. The third-order valence-corrected chi connectivity index (χ3v) is 5.11. The van der Waals surface area contributed by atoms with Crippen molar-refractivity contribution in [3.05, 3.63) is 69.7 Å². The van der Waals surface area contributed by atoms with E-state index in [1.807, 2.05) is 24.3 Å². The molecule has 0 bridgehead atoms. The van der Waals surface area contributed by atoms with Gasteiger partial charge in [0.05, 0.1) is 6.61 Å². The number of benzene rings is 2. The van der Waals surface area contributed by atoms with Gasteiger partial charge in [-0.3, -0.25) is 0 Å². The maximum Gasteiger partial charge on any atom is 0.0521 e. The molecule has 2 aromatic rings. The fourth-order valence-electron chi connectivity index (χ4n) is 2.47. The summed E-state index contributed by atoms with van der Waals surface area (Å²) in [4.78, 5) is 0. The molecule has 0 aliphatic carbocycles. The van der Waals surface area contributed by atoms with Crippen molar-refractivity contribution in [3.8, 4) is 0 Å². The molecule has 4 heteroatoms. The van der Waals surface area contributed by atoms with Crippen molar-refractivity contribution in [2.45, 2.75) is 18.8 Å². The van der Waals surface area contributed by atoms with Crippen LogP contribution in [-0.4, -0.2) is 23.2 Å². The third-order valence-electron chi connectivity index (χ3n) is 3.56. The molecule has 0 aromatic heterocycles. The Balaban J connectivity index is 2.10. The van der Waals surface area contributed by atoms with Crippen molar-refractivity contribution >= 4 is 35.0 Å². The number of hydrogen-bond acceptors (Lipinski definition) is 2. The molecule has 0 saturated carbocycles. The molecule has 118 valence electrons. The van der Waals surface area contributed by atoms with E-state index in [4.69, 9.17) is 28.3 Å². The predicted molar refractivity (Wildman–Crippen MR) is 98.4 cm³/mol. The topological polar surface area (TPSA) is 20.2 Å². The highest BCUT2D eigenvalue weighted by molar-refractivity contribution is 7.99. The molecule has 1 nitrogen and oxygen atoms in total. The average Bonchev–Trinajstić information content (AvgIpc) is 2.53. The monoisotopic (exact) mass is 354 g/mol. The molecule has 0 heterocycles. The second kappa shape index (κ2) is 9.46. The predicted octanol–water partition coefficient (Wildman–Crippen LogP) is 5.63.